The summed E-state index contributed by atoms with van der Waals surface area (Å²) >= 11 is 0. The Balaban J connectivity index is 2.78. The van der Waals surface area contributed by atoms with Gasteiger partial charge < -0.3 is 11.1 Å². The fourth-order valence-electron chi connectivity index (χ4n) is 1.86. The van der Waals surface area contributed by atoms with Crippen molar-refractivity contribution in [3.8, 4) is 0 Å². The number of nitrogen functional groups attached to an aromatic ring is 1. The SMILES string of the molecule is CCCC(CC)NC(=O)c1cc(C)ccc1N. The van der Waals surface area contributed by atoms with Gasteiger partial charge in [-0.25, -0.2) is 0 Å². The summed E-state index contributed by atoms with van der Waals surface area (Å²) < 4.78 is 0. The van der Waals surface area contributed by atoms with E-state index < -0.39 is 0 Å². The minimum atomic E-state index is -0.0634. The van der Waals surface area contributed by atoms with Gasteiger partial charge in [-0.05, 0) is 31.9 Å². The monoisotopic (exact) mass is 234 g/mol. The van der Waals surface area contributed by atoms with Crippen LogP contribution in [0.15, 0.2) is 18.2 Å². The molecule has 94 valence electrons. The summed E-state index contributed by atoms with van der Waals surface area (Å²) in [7, 11) is 0. The fourth-order valence-corrected chi connectivity index (χ4v) is 1.86. The smallest absolute Gasteiger partial charge is 0.253 e. The van der Waals surface area contributed by atoms with Crippen molar-refractivity contribution in [3.63, 3.8) is 0 Å². The van der Waals surface area contributed by atoms with E-state index in [1.807, 2.05) is 19.1 Å². The molecule has 1 rings (SSSR count). The Bertz CT molecular complexity index is 388. The van der Waals surface area contributed by atoms with E-state index >= 15 is 0 Å². The highest BCUT2D eigenvalue weighted by molar-refractivity contribution is 5.99. The van der Waals surface area contributed by atoms with E-state index in [1.165, 1.54) is 0 Å². The van der Waals surface area contributed by atoms with Crippen LogP contribution >= 0.6 is 0 Å². The van der Waals surface area contributed by atoms with E-state index in [-0.39, 0.29) is 11.9 Å². The molecule has 0 fully saturated rings. The van der Waals surface area contributed by atoms with E-state index in [0.29, 0.717) is 11.3 Å². The van der Waals surface area contributed by atoms with Crippen LogP contribution in [0, 0.1) is 6.92 Å². The lowest BCUT2D eigenvalue weighted by atomic mass is 10.1. The number of hydrogen-bond acceptors (Lipinski definition) is 2. The van der Waals surface area contributed by atoms with Crippen molar-refractivity contribution in [3.05, 3.63) is 29.3 Å². The van der Waals surface area contributed by atoms with Crippen LogP contribution in [0.1, 0.15) is 49.0 Å². The maximum absolute atomic E-state index is 12.1. The van der Waals surface area contributed by atoms with Gasteiger partial charge in [0.05, 0.1) is 5.56 Å². The van der Waals surface area contributed by atoms with Crippen molar-refractivity contribution in [1.82, 2.24) is 5.32 Å². The topological polar surface area (TPSA) is 55.1 Å². The molecule has 0 aliphatic rings. The molecule has 3 N–H and O–H groups in total. The Morgan fingerprint density at radius 2 is 2.12 bits per heavy atom. The van der Waals surface area contributed by atoms with Gasteiger partial charge in [0.1, 0.15) is 0 Å². The Labute approximate surface area is 103 Å². The summed E-state index contributed by atoms with van der Waals surface area (Å²) in [6.07, 6.45) is 3.03. The molecule has 0 aliphatic heterocycles. The van der Waals surface area contributed by atoms with Crippen molar-refractivity contribution >= 4 is 11.6 Å². The molecule has 3 heteroatoms. The number of carbonyl (C=O) groups excluding carboxylic acids is 1. The maximum atomic E-state index is 12.1. The summed E-state index contributed by atoms with van der Waals surface area (Å²) in [6, 6.07) is 5.77. The number of nitrogens with two attached hydrogens (primary N) is 1. The molecule has 0 radical (unpaired) electrons. The zero-order chi connectivity index (χ0) is 12.8. The molecule has 0 saturated carbocycles. The first-order valence-corrected chi connectivity index (χ1v) is 6.25. The highest BCUT2D eigenvalue weighted by Crippen LogP contribution is 2.14. The van der Waals surface area contributed by atoms with Crippen molar-refractivity contribution in [2.45, 2.75) is 46.1 Å². The lowest BCUT2D eigenvalue weighted by molar-refractivity contribution is 0.0934. The van der Waals surface area contributed by atoms with Crippen molar-refractivity contribution in [2.24, 2.45) is 0 Å². The fraction of sp³-hybridized carbons (Fsp3) is 0.500. The molecule has 1 atom stereocenters. The van der Waals surface area contributed by atoms with Gasteiger partial charge in [0.15, 0.2) is 0 Å². The van der Waals surface area contributed by atoms with Gasteiger partial charge in [0.2, 0.25) is 0 Å². The van der Waals surface area contributed by atoms with Crippen molar-refractivity contribution in [2.75, 3.05) is 5.73 Å². The normalized spacial score (nSPS) is 12.2. The predicted octanol–water partition coefficient (Wildman–Crippen LogP) is 2.89. The van der Waals surface area contributed by atoms with E-state index in [0.717, 1.165) is 24.8 Å². The highest BCUT2D eigenvalue weighted by Gasteiger charge is 2.13. The van der Waals surface area contributed by atoms with Gasteiger partial charge in [0, 0.05) is 11.7 Å². The predicted molar refractivity (Wildman–Crippen MR) is 72.0 cm³/mol. The number of hydrogen-bond donors (Lipinski definition) is 2. The number of carbonyl (C=O) groups is 1. The number of rotatable bonds is 5. The van der Waals surface area contributed by atoms with E-state index in [4.69, 9.17) is 5.73 Å². The molecular weight excluding hydrogens is 212 g/mol. The minimum Gasteiger partial charge on any atom is -0.398 e. The molecule has 0 aromatic heterocycles. The quantitative estimate of drug-likeness (QED) is 0.770. The average molecular weight is 234 g/mol. The van der Waals surface area contributed by atoms with Gasteiger partial charge in [0.25, 0.3) is 5.91 Å². The molecule has 1 aromatic carbocycles. The Kier molecular flexibility index (Phi) is 5.01. The molecule has 0 saturated heterocycles. The highest BCUT2D eigenvalue weighted by atomic mass is 16.1. The standard InChI is InChI=1S/C14H22N2O/c1-4-6-11(5-2)16-14(17)12-9-10(3)7-8-13(12)15/h7-9,11H,4-6,15H2,1-3H3,(H,16,17). The van der Waals surface area contributed by atoms with E-state index in [9.17, 15) is 4.79 Å². The third-order valence-corrected chi connectivity index (χ3v) is 2.92. The Morgan fingerprint density at radius 3 is 2.71 bits per heavy atom. The zero-order valence-electron chi connectivity index (χ0n) is 10.9. The number of nitrogens with one attached hydrogen (secondary N) is 1. The van der Waals surface area contributed by atoms with Crippen LogP contribution in [0.4, 0.5) is 5.69 Å². The van der Waals surface area contributed by atoms with E-state index in [1.54, 1.807) is 6.07 Å². The second-order valence-electron chi connectivity index (χ2n) is 4.46. The molecule has 0 bridgehead atoms. The first kappa shape index (κ1) is 13.6. The van der Waals surface area contributed by atoms with Gasteiger partial charge in [-0.2, -0.15) is 0 Å². The molecule has 17 heavy (non-hydrogen) atoms. The Morgan fingerprint density at radius 1 is 1.41 bits per heavy atom. The number of aryl methyl sites for hydroxylation is 1. The van der Waals surface area contributed by atoms with Crippen LogP contribution in [0.2, 0.25) is 0 Å². The second-order valence-corrected chi connectivity index (χ2v) is 4.46. The lowest BCUT2D eigenvalue weighted by Gasteiger charge is -2.17. The number of benzene rings is 1. The Hall–Kier alpha value is -1.51. The first-order chi connectivity index (χ1) is 8.08. The third-order valence-electron chi connectivity index (χ3n) is 2.92. The van der Waals surface area contributed by atoms with Gasteiger partial charge in [-0.3, -0.25) is 4.79 Å². The minimum absolute atomic E-state index is 0.0634. The molecule has 1 aromatic rings. The number of amides is 1. The summed E-state index contributed by atoms with van der Waals surface area (Å²) in [5, 5.41) is 3.03. The summed E-state index contributed by atoms with van der Waals surface area (Å²) in [5.41, 5.74) is 7.99. The van der Waals surface area contributed by atoms with E-state index in [2.05, 4.69) is 19.2 Å². The first-order valence-electron chi connectivity index (χ1n) is 6.25. The third kappa shape index (κ3) is 3.77. The molecule has 1 amide bonds. The molecule has 0 spiro atoms. The molecule has 1 unspecified atom stereocenters. The molecule has 0 heterocycles. The molecular formula is C14H22N2O. The molecule has 0 aliphatic carbocycles. The number of anilines is 1. The summed E-state index contributed by atoms with van der Waals surface area (Å²) in [6.45, 7) is 6.16. The maximum Gasteiger partial charge on any atom is 0.253 e. The van der Waals surface area contributed by atoms with Crippen LogP contribution in [-0.2, 0) is 0 Å². The summed E-state index contributed by atoms with van der Waals surface area (Å²) in [4.78, 5) is 12.1. The van der Waals surface area contributed by atoms with Crippen molar-refractivity contribution < 1.29 is 4.79 Å². The average Bonchev–Trinajstić information content (AvgIpc) is 2.31. The van der Waals surface area contributed by atoms with Crippen LogP contribution in [0.25, 0.3) is 0 Å². The van der Waals surface area contributed by atoms with Gasteiger partial charge >= 0.3 is 0 Å². The zero-order valence-corrected chi connectivity index (χ0v) is 10.9. The van der Waals surface area contributed by atoms with Crippen molar-refractivity contribution in [1.29, 1.82) is 0 Å². The molecule has 3 nitrogen and oxygen atoms in total. The van der Waals surface area contributed by atoms with Gasteiger partial charge in [-0.15, -0.1) is 0 Å². The van der Waals surface area contributed by atoms with Crippen LogP contribution in [-0.4, -0.2) is 11.9 Å². The van der Waals surface area contributed by atoms with Gasteiger partial charge in [-0.1, -0.05) is 31.9 Å². The largest absolute Gasteiger partial charge is 0.398 e. The summed E-state index contributed by atoms with van der Waals surface area (Å²) in [5.74, 6) is -0.0634. The lowest BCUT2D eigenvalue weighted by Crippen LogP contribution is -2.34. The second kappa shape index (κ2) is 6.28. The van der Waals surface area contributed by atoms with Crippen LogP contribution < -0.4 is 11.1 Å². The van der Waals surface area contributed by atoms with Crippen LogP contribution in [0.3, 0.4) is 0 Å². The van der Waals surface area contributed by atoms with Crippen LogP contribution in [0.5, 0.6) is 0 Å².